The van der Waals surface area contributed by atoms with Crippen LogP contribution < -0.4 is 0 Å². The molecule has 0 bridgehead atoms. The molecule has 0 aliphatic heterocycles. The van der Waals surface area contributed by atoms with E-state index in [1.165, 1.54) is 44.2 Å². The molecule has 6 atom stereocenters. The molecular formula is C41H40O10. The number of allylic oxidation sites excluding steroid dienone is 1. The van der Waals surface area contributed by atoms with Gasteiger partial charge in [-0.3, -0.25) is 24.0 Å². The van der Waals surface area contributed by atoms with E-state index in [1.807, 2.05) is 0 Å². The van der Waals surface area contributed by atoms with Crippen LogP contribution in [0.3, 0.4) is 0 Å². The number of aliphatic hydroxyl groups excluding tert-OH is 3. The minimum absolute atomic E-state index is 0.0904. The number of phenols is 1. The highest BCUT2D eigenvalue weighted by molar-refractivity contribution is 6.25. The first-order valence-electron chi connectivity index (χ1n) is 16.8. The highest BCUT2D eigenvalue weighted by Gasteiger charge is 2.76. The molecule has 0 heterocycles. The first-order valence-corrected chi connectivity index (χ1v) is 16.8. The van der Waals surface area contributed by atoms with E-state index in [2.05, 4.69) is 0 Å². The summed E-state index contributed by atoms with van der Waals surface area (Å²) < 4.78 is 0. The van der Waals surface area contributed by atoms with Crippen LogP contribution in [0.1, 0.15) is 95.2 Å². The number of Topliss-reactive ketones (excluding diaryl/α,β-unsaturated/α-hetero) is 4. The molecule has 0 spiro atoms. The monoisotopic (exact) mass is 692 g/mol. The Hall–Kier alpha value is -5.19. The van der Waals surface area contributed by atoms with Crippen molar-refractivity contribution in [3.8, 4) is 5.75 Å². The number of hydrogen-bond acceptors (Lipinski definition) is 10. The molecule has 3 aromatic carbocycles. The minimum Gasteiger partial charge on any atom is -0.511 e. The molecule has 0 saturated heterocycles. The van der Waals surface area contributed by atoms with Gasteiger partial charge in [-0.15, -0.1) is 0 Å². The van der Waals surface area contributed by atoms with E-state index in [1.54, 1.807) is 57.2 Å². The number of carbonyl (C=O) groups is 5. The summed E-state index contributed by atoms with van der Waals surface area (Å²) in [6.07, 6.45) is -2.07. The lowest BCUT2D eigenvalue weighted by molar-refractivity contribution is -0.211. The lowest BCUT2D eigenvalue weighted by Gasteiger charge is -2.63. The van der Waals surface area contributed by atoms with Crippen LogP contribution in [-0.2, 0) is 16.0 Å². The summed E-state index contributed by atoms with van der Waals surface area (Å²) in [6, 6.07) is 17.8. The van der Waals surface area contributed by atoms with Crippen molar-refractivity contribution in [3.63, 3.8) is 0 Å². The van der Waals surface area contributed by atoms with Gasteiger partial charge in [0.2, 0.25) is 5.78 Å². The largest absolute Gasteiger partial charge is 0.511 e. The molecule has 3 aliphatic carbocycles. The standard InChI is InChI=1S/C41H40O10/c1-19(2)30-34(46)28(21(4)42)36(48)41(51)37(49)31-35(47)29-26(20(3)39(31,5)38(50)40(30,41)6)17-16-25(33(29)45)18-27(43)22-12-14-24(15-13-22)32(44)23-10-8-7-9-11-23/h7-17,19-20,30,38,45-46,49-51H,18H2,1-6H3/t20-,30?,38-,39+,40+,41+/m1/s1. The summed E-state index contributed by atoms with van der Waals surface area (Å²) in [5.41, 5.74) is -6.62. The third kappa shape index (κ3) is 4.66. The first-order chi connectivity index (χ1) is 23.9. The Morgan fingerprint density at radius 2 is 1.41 bits per heavy atom. The van der Waals surface area contributed by atoms with Crippen molar-refractivity contribution in [2.45, 2.75) is 65.6 Å². The SMILES string of the molecule is CC(=O)C1=C(O)C(C(C)C)[C@@]2(C)[C@H](O)[C@]3(C)C(=C(O)[C@@]2(O)C1=O)C(=O)c1c(ccc(CC(=O)c2ccc(C(=O)c4ccccc4)cc2)c1O)[C@H]3C. The summed E-state index contributed by atoms with van der Waals surface area (Å²) in [7, 11) is 0. The number of aliphatic hydroxyl groups is 4. The number of hydrogen-bond donors (Lipinski definition) is 5. The summed E-state index contributed by atoms with van der Waals surface area (Å²) in [4.78, 5) is 67.3. The van der Waals surface area contributed by atoms with E-state index in [0.717, 1.165) is 6.92 Å². The molecule has 264 valence electrons. The van der Waals surface area contributed by atoms with Gasteiger partial charge < -0.3 is 25.5 Å². The topological polar surface area (TPSA) is 186 Å². The molecular weight excluding hydrogens is 652 g/mol. The Balaban J connectivity index is 1.42. The van der Waals surface area contributed by atoms with Crippen LogP contribution in [0.2, 0.25) is 0 Å². The summed E-state index contributed by atoms with van der Waals surface area (Å²) in [5, 5.41) is 59.5. The van der Waals surface area contributed by atoms with Gasteiger partial charge in [-0.1, -0.05) is 101 Å². The van der Waals surface area contributed by atoms with E-state index in [0.29, 0.717) is 16.7 Å². The highest BCUT2D eigenvalue weighted by atomic mass is 16.4. The summed E-state index contributed by atoms with van der Waals surface area (Å²) in [5.74, 6) is -8.56. The van der Waals surface area contributed by atoms with Crippen LogP contribution in [0, 0.1) is 22.7 Å². The van der Waals surface area contributed by atoms with Gasteiger partial charge in [0.25, 0.3) is 0 Å². The zero-order valence-corrected chi connectivity index (χ0v) is 29.1. The van der Waals surface area contributed by atoms with Crippen LogP contribution in [0.15, 0.2) is 89.4 Å². The number of rotatable bonds is 7. The van der Waals surface area contributed by atoms with Gasteiger partial charge in [0.15, 0.2) is 28.7 Å². The maximum Gasteiger partial charge on any atom is 0.209 e. The molecule has 3 aliphatic rings. The molecule has 6 rings (SSSR count). The highest BCUT2D eigenvalue weighted by Crippen LogP contribution is 2.67. The van der Waals surface area contributed by atoms with Crippen molar-refractivity contribution in [3.05, 3.63) is 123 Å². The molecule has 10 heteroatoms. The number of benzene rings is 3. The van der Waals surface area contributed by atoms with Gasteiger partial charge in [0.05, 0.1) is 17.2 Å². The van der Waals surface area contributed by atoms with Crippen molar-refractivity contribution in [2.24, 2.45) is 22.7 Å². The fraction of sp³-hybridized carbons (Fsp3) is 0.341. The molecule has 3 aromatic rings. The van der Waals surface area contributed by atoms with Gasteiger partial charge in [0.1, 0.15) is 22.8 Å². The predicted molar refractivity (Wildman–Crippen MR) is 186 cm³/mol. The second kappa shape index (κ2) is 12.0. The van der Waals surface area contributed by atoms with Gasteiger partial charge in [0, 0.05) is 45.4 Å². The van der Waals surface area contributed by atoms with Crippen molar-refractivity contribution in [1.29, 1.82) is 0 Å². The van der Waals surface area contributed by atoms with Crippen molar-refractivity contribution in [2.75, 3.05) is 0 Å². The molecule has 5 N–H and O–H groups in total. The third-order valence-corrected chi connectivity index (χ3v) is 11.8. The Labute approximate surface area is 294 Å². The number of carbonyl (C=O) groups excluding carboxylic acids is 5. The van der Waals surface area contributed by atoms with E-state index in [9.17, 15) is 49.5 Å². The van der Waals surface area contributed by atoms with Gasteiger partial charge in [-0.05, 0) is 24.3 Å². The Kier molecular flexibility index (Phi) is 8.35. The maximum atomic E-state index is 14.5. The quantitative estimate of drug-likeness (QED) is 0.156. The smallest absolute Gasteiger partial charge is 0.209 e. The second-order valence-electron chi connectivity index (χ2n) is 14.7. The average molecular weight is 693 g/mol. The minimum atomic E-state index is -2.99. The normalized spacial score (nSPS) is 28.7. The van der Waals surface area contributed by atoms with Gasteiger partial charge in [-0.2, -0.15) is 0 Å². The lowest BCUT2D eigenvalue weighted by Crippen LogP contribution is -2.73. The van der Waals surface area contributed by atoms with E-state index >= 15 is 0 Å². The van der Waals surface area contributed by atoms with Crippen LogP contribution in [0.25, 0.3) is 0 Å². The molecule has 1 unspecified atom stereocenters. The number of ketones is 5. The second-order valence-corrected chi connectivity index (χ2v) is 14.7. The number of phenolic OH excluding ortho intramolecular Hbond substituents is 1. The zero-order valence-electron chi connectivity index (χ0n) is 29.1. The van der Waals surface area contributed by atoms with Gasteiger partial charge >= 0.3 is 0 Å². The Morgan fingerprint density at radius 3 is 1.98 bits per heavy atom. The van der Waals surface area contributed by atoms with Gasteiger partial charge in [-0.25, -0.2) is 0 Å². The zero-order chi connectivity index (χ0) is 37.5. The van der Waals surface area contributed by atoms with E-state index in [-0.39, 0.29) is 28.9 Å². The predicted octanol–water partition coefficient (Wildman–Crippen LogP) is 5.53. The van der Waals surface area contributed by atoms with Crippen LogP contribution in [0.4, 0.5) is 0 Å². The van der Waals surface area contributed by atoms with E-state index < -0.39 is 91.8 Å². The Bertz CT molecular complexity index is 2110. The molecule has 0 saturated carbocycles. The number of fused-ring (bicyclic) bond motifs is 3. The Morgan fingerprint density at radius 1 is 0.843 bits per heavy atom. The molecule has 0 amide bonds. The summed E-state index contributed by atoms with van der Waals surface area (Å²) in [6.45, 7) is 8.93. The average Bonchev–Trinajstić information content (AvgIpc) is 3.09. The molecule has 0 radical (unpaired) electrons. The van der Waals surface area contributed by atoms with Crippen LogP contribution in [0.5, 0.6) is 5.75 Å². The number of aromatic hydroxyl groups is 1. The van der Waals surface area contributed by atoms with E-state index in [4.69, 9.17) is 0 Å². The molecule has 0 aromatic heterocycles. The molecule has 0 fully saturated rings. The fourth-order valence-corrected chi connectivity index (χ4v) is 8.97. The molecule has 51 heavy (non-hydrogen) atoms. The summed E-state index contributed by atoms with van der Waals surface area (Å²) >= 11 is 0. The van der Waals surface area contributed by atoms with Crippen LogP contribution >= 0.6 is 0 Å². The molecule has 10 nitrogen and oxygen atoms in total. The third-order valence-electron chi connectivity index (χ3n) is 11.8. The van der Waals surface area contributed by atoms with Crippen molar-refractivity contribution < 1.29 is 49.5 Å². The lowest BCUT2D eigenvalue weighted by atomic mass is 9.41. The first kappa shape index (κ1) is 35.6. The van der Waals surface area contributed by atoms with Crippen LogP contribution in [-0.4, -0.2) is 66.2 Å². The van der Waals surface area contributed by atoms with Crippen molar-refractivity contribution >= 4 is 28.9 Å². The fourth-order valence-electron chi connectivity index (χ4n) is 8.97. The van der Waals surface area contributed by atoms with Crippen molar-refractivity contribution in [1.82, 2.24) is 0 Å². The maximum absolute atomic E-state index is 14.5.